The van der Waals surface area contributed by atoms with Gasteiger partial charge in [0.05, 0.1) is 12.5 Å². The molecule has 1 aromatic carbocycles. The molecule has 0 unspecified atom stereocenters. The maximum Gasteiger partial charge on any atom is 0.305 e. The maximum absolute atomic E-state index is 13.9. The van der Waals surface area contributed by atoms with Crippen LogP contribution in [0.3, 0.4) is 0 Å². The fourth-order valence-electron chi connectivity index (χ4n) is 5.90. The van der Waals surface area contributed by atoms with Crippen molar-refractivity contribution >= 4 is 23.5 Å². The molecule has 1 aromatic rings. The van der Waals surface area contributed by atoms with E-state index in [4.69, 9.17) is 10.1 Å². The van der Waals surface area contributed by atoms with Gasteiger partial charge in [-0.15, -0.1) is 0 Å². The Kier molecular flexibility index (Phi) is 9.10. The number of nitrogens with zero attached hydrogens (tertiary/aromatic N) is 2. The lowest BCUT2D eigenvalue weighted by molar-refractivity contribution is -0.137. The highest BCUT2D eigenvalue weighted by Gasteiger charge is 2.52. The number of nitrogens with one attached hydrogen (secondary N) is 1. The van der Waals surface area contributed by atoms with Gasteiger partial charge in [-0.05, 0) is 79.4 Å². The zero-order valence-corrected chi connectivity index (χ0v) is 24.4. The molecule has 7 heteroatoms. The first kappa shape index (κ1) is 29.9. The van der Waals surface area contributed by atoms with Crippen molar-refractivity contribution in [3.63, 3.8) is 0 Å². The summed E-state index contributed by atoms with van der Waals surface area (Å²) < 4.78 is 0. The molecule has 1 fully saturated rings. The molecule has 38 heavy (non-hydrogen) atoms. The summed E-state index contributed by atoms with van der Waals surface area (Å²) >= 11 is 0. The van der Waals surface area contributed by atoms with Crippen LogP contribution in [0.25, 0.3) is 0 Å². The van der Waals surface area contributed by atoms with Crippen LogP contribution in [0.1, 0.15) is 122 Å². The highest BCUT2D eigenvalue weighted by molar-refractivity contribution is 6.40. The highest BCUT2D eigenvalue weighted by atomic mass is 16.4. The van der Waals surface area contributed by atoms with E-state index in [0.717, 1.165) is 44.1 Å². The van der Waals surface area contributed by atoms with Gasteiger partial charge in [-0.3, -0.25) is 19.4 Å². The van der Waals surface area contributed by atoms with Crippen LogP contribution in [0.2, 0.25) is 0 Å². The van der Waals surface area contributed by atoms with Gasteiger partial charge in [0.1, 0.15) is 11.4 Å². The van der Waals surface area contributed by atoms with Crippen molar-refractivity contribution in [3.8, 4) is 0 Å². The number of rotatable bonds is 9. The van der Waals surface area contributed by atoms with Crippen molar-refractivity contribution in [2.24, 2.45) is 21.7 Å². The van der Waals surface area contributed by atoms with E-state index in [1.807, 2.05) is 19.1 Å². The normalized spacial score (nSPS) is 22.9. The SMILES string of the molecule is CCC1=NC2(CCC(C(C)(C)C)CC2)N([C@H](CCC(C)(C)C)c2ccc(C(=O)NCCC(=O)O)cc2)C1=O. The van der Waals surface area contributed by atoms with Crippen LogP contribution in [0.15, 0.2) is 29.3 Å². The molecule has 0 bridgehead atoms. The van der Waals surface area contributed by atoms with Crippen molar-refractivity contribution in [3.05, 3.63) is 35.4 Å². The summed E-state index contributed by atoms with van der Waals surface area (Å²) in [4.78, 5) is 44.4. The molecule has 0 saturated heterocycles. The molecule has 2 aliphatic rings. The number of amides is 2. The second-order valence-electron chi connectivity index (χ2n) is 13.3. The number of aliphatic carboxylic acids is 1. The van der Waals surface area contributed by atoms with E-state index < -0.39 is 11.6 Å². The number of hydrogen-bond acceptors (Lipinski definition) is 4. The van der Waals surface area contributed by atoms with Crippen LogP contribution < -0.4 is 5.32 Å². The van der Waals surface area contributed by atoms with Gasteiger partial charge in [-0.1, -0.05) is 60.6 Å². The summed E-state index contributed by atoms with van der Waals surface area (Å²) in [6.45, 7) is 15.7. The Bertz CT molecular complexity index is 1040. The van der Waals surface area contributed by atoms with E-state index in [9.17, 15) is 14.4 Å². The minimum absolute atomic E-state index is 0.0520. The number of aliphatic imine (C=N–C) groups is 1. The van der Waals surface area contributed by atoms with Gasteiger partial charge in [0.15, 0.2) is 0 Å². The van der Waals surface area contributed by atoms with Crippen molar-refractivity contribution in [2.75, 3.05) is 6.54 Å². The molecule has 1 aliphatic heterocycles. The average Bonchev–Trinajstić information content (AvgIpc) is 3.09. The lowest BCUT2D eigenvalue weighted by atomic mass is 9.69. The van der Waals surface area contributed by atoms with E-state index in [0.29, 0.717) is 23.6 Å². The molecule has 3 rings (SSSR count). The molecule has 1 atom stereocenters. The number of benzene rings is 1. The first-order valence-corrected chi connectivity index (χ1v) is 14.2. The van der Waals surface area contributed by atoms with Crippen LogP contribution in [-0.4, -0.2) is 45.7 Å². The Labute approximate surface area is 228 Å². The second-order valence-corrected chi connectivity index (χ2v) is 13.3. The standard InChI is InChI=1S/C31H47N3O4/c1-8-24-28(38)34(31(33-24)18-13-23(14-19-31)30(5,6)7)25(15-17-29(2,3)4)21-9-11-22(12-10-21)27(37)32-20-16-26(35)36/h9-12,23,25H,8,13-20H2,1-7H3,(H,32,37)(H,35,36)/t23?,25-,31?/m1/s1. The summed E-state index contributed by atoms with van der Waals surface area (Å²) in [7, 11) is 0. The van der Waals surface area contributed by atoms with Crippen molar-refractivity contribution in [1.82, 2.24) is 10.2 Å². The second kappa shape index (κ2) is 11.6. The third kappa shape index (κ3) is 7.03. The first-order chi connectivity index (χ1) is 17.7. The zero-order chi connectivity index (χ0) is 28.3. The number of hydrogen-bond donors (Lipinski definition) is 2. The Balaban J connectivity index is 1.92. The van der Waals surface area contributed by atoms with Crippen molar-refractivity contribution in [1.29, 1.82) is 0 Å². The van der Waals surface area contributed by atoms with E-state index in [1.165, 1.54) is 0 Å². The molecule has 1 saturated carbocycles. The lowest BCUT2D eigenvalue weighted by Gasteiger charge is -2.48. The summed E-state index contributed by atoms with van der Waals surface area (Å²) in [5.74, 6) is -0.583. The van der Waals surface area contributed by atoms with Gasteiger partial charge in [0, 0.05) is 12.1 Å². The largest absolute Gasteiger partial charge is 0.481 e. The lowest BCUT2D eigenvalue weighted by Crippen LogP contribution is -2.51. The summed E-state index contributed by atoms with van der Waals surface area (Å²) in [6.07, 6.45) is 6.12. The molecule has 2 N–H and O–H groups in total. The summed E-state index contributed by atoms with van der Waals surface area (Å²) in [6, 6.07) is 7.32. The summed E-state index contributed by atoms with van der Waals surface area (Å²) in [5.41, 5.74) is 2.01. The van der Waals surface area contributed by atoms with Crippen molar-refractivity contribution < 1.29 is 19.5 Å². The van der Waals surface area contributed by atoms with E-state index >= 15 is 0 Å². The van der Waals surface area contributed by atoms with Crippen LogP contribution >= 0.6 is 0 Å². The molecule has 1 spiro atoms. The monoisotopic (exact) mass is 525 g/mol. The highest BCUT2D eigenvalue weighted by Crippen LogP contribution is 2.50. The fraction of sp³-hybridized carbons (Fsp3) is 0.677. The molecule has 7 nitrogen and oxygen atoms in total. The van der Waals surface area contributed by atoms with E-state index in [-0.39, 0.29) is 41.7 Å². The number of carbonyl (C=O) groups excluding carboxylic acids is 2. The topological polar surface area (TPSA) is 99.1 Å². The fourth-order valence-corrected chi connectivity index (χ4v) is 5.90. The molecular weight excluding hydrogens is 478 g/mol. The van der Waals surface area contributed by atoms with Gasteiger partial charge in [-0.2, -0.15) is 0 Å². The zero-order valence-electron chi connectivity index (χ0n) is 24.4. The van der Waals surface area contributed by atoms with Gasteiger partial charge in [0.2, 0.25) is 0 Å². The molecule has 2 amide bonds. The minimum Gasteiger partial charge on any atom is -0.481 e. The Morgan fingerprint density at radius 3 is 2.21 bits per heavy atom. The van der Waals surface area contributed by atoms with Crippen LogP contribution in [0.5, 0.6) is 0 Å². The molecule has 1 aliphatic carbocycles. The van der Waals surface area contributed by atoms with Crippen LogP contribution in [0.4, 0.5) is 0 Å². The number of carboxylic acid groups (broad SMARTS) is 1. The number of carboxylic acids is 1. The van der Waals surface area contributed by atoms with Gasteiger partial charge in [0.25, 0.3) is 11.8 Å². The predicted molar refractivity (Wildman–Crippen MR) is 151 cm³/mol. The van der Waals surface area contributed by atoms with E-state index in [1.54, 1.807) is 12.1 Å². The Morgan fingerprint density at radius 2 is 1.71 bits per heavy atom. The Morgan fingerprint density at radius 1 is 1.11 bits per heavy atom. The molecule has 0 radical (unpaired) electrons. The van der Waals surface area contributed by atoms with Gasteiger partial charge in [-0.25, -0.2) is 0 Å². The maximum atomic E-state index is 13.9. The molecule has 210 valence electrons. The summed E-state index contributed by atoms with van der Waals surface area (Å²) in [5, 5.41) is 11.5. The third-order valence-corrected chi connectivity index (χ3v) is 8.26. The van der Waals surface area contributed by atoms with Crippen molar-refractivity contribution in [2.45, 2.75) is 112 Å². The molecular formula is C31H47N3O4. The van der Waals surface area contributed by atoms with Gasteiger partial charge >= 0.3 is 5.97 Å². The quantitative estimate of drug-likeness (QED) is 0.390. The molecule has 0 aromatic heterocycles. The van der Waals surface area contributed by atoms with Crippen LogP contribution in [-0.2, 0) is 9.59 Å². The van der Waals surface area contributed by atoms with Crippen LogP contribution in [0, 0.1) is 16.7 Å². The average molecular weight is 526 g/mol. The predicted octanol–water partition coefficient (Wildman–Crippen LogP) is 6.38. The minimum atomic E-state index is -0.947. The first-order valence-electron chi connectivity index (χ1n) is 14.2. The Hall–Kier alpha value is -2.70. The molecule has 1 heterocycles. The smallest absolute Gasteiger partial charge is 0.305 e. The van der Waals surface area contributed by atoms with Gasteiger partial charge < -0.3 is 15.3 Å². The third-order valence-electron chi connectivity index (χ3n) is 8.26. The number of carbonyl (C=O) groups is 3. The van der Waals surface area contributed by atoms with E-state index in [2.05, 4.69) is 51.8 Å².